The molecule has 4 unspecified atom stereocenters. The SMILES string of the molecule is NCNC(CSC1CC(=O)N(CCCCN2C(=O)CC(SCC(N)C=O)C2=O)C1=O)C(=O)CN. The van der Waals surface area contributed by atoms with Crippen molar-refractivity contribution >= 4 is 59.2 Å². The molecule has 2 saturated heterocycles. The van der Waals surface area contributed by atoms with Crippen LogP contribution in [0.5, 0.6) is 0 Å². The van der Waals surface area contributed by atoms with Crippen LogP contribution in [0, 0.1) is 0 Å². The molecule has 2 aliphatic heterocycles. The Bertz CT molecular complexity index is 800. The highest BCUT2D eigenvalue weighted by atomic mass is 32.2. The molecule has 0 aromatic heterocycles. The van der Waals surface area contributed by atoms with Crippen molar-refractivity contribution in [2.75, 3.05) is 37.8 Å². The molecular formula is C20H32N6O6S2. The number of nitrogens with one attached hydrogen (secondary N) is 1. The van der Waals surface area contributed by atoms with E-state index in [0.29, 0.717) is 19.1 Å². The summed E-state index contributed by atoms with van der Waals surface area (Å²) in [5.74, 6) is -0.843. The highest BCUT2D eigenvalue weighted by molar-refractivity contribution is 8.01. The van der Waals surface area contributed by atoms with Crippen molar-refractivity contribution in [1.29, 1.82) is 0 Å². The average Bonchev–Trinajstić information content (AvgIpc) is 3.25. The van der Waals surface area contributed by atoms with Crippen molar-refractivity contribution in [3.8, 4) is 0 Å². The number of aldehydes is 1. The van der Waals surface area contributed by atoms with E-state index in [2.05, 4.69) is 5.32 Å². The highest BCUT2D eigenvalue weighted by Crippen LogP contribution is 2.27. The first-order valence-electron chi connectivity index (χ1n) is 11.0. The van der Waals surface area contributed by atoms with E-state index in [0.717, 1.165) is 0 Å². The monoisotopic (exact) mass is 516 g/mol. The largest absolute Gasteiger partial charge is 0.324 e. The van der Waals surface area contributed by atoms with Gasteiger partial charge in [-0.05, 0) is 12.8 Å². The first-order valence-corrected chi connectivity index (χ1v) is 13.1. The molecule has 2 fully saturated rings. The van der Waals surface area contributed by atoms with Crippen LogP contribution in [0.4, 0.5) is 0 Å². The van der Waals surface area contributed by atoms with E-state index in [1.165, 1.54) is 33.3 Å². The second kappa shape index (κ2) is 13.9. The first kappa shape index (κ1) is 28.4. The summed E-state index contributed by atoms with van der Waals surface area (Å²) in [5.41, 5.74) is 16.4. The summed E-state index contributed by atoms with van der Waals surface area (Å²) in [4.78, 5) is 74.5. The number of carbonyl (C=O) groups excluding carboxylic acids is 6. The lowest BCUT2D eigenvalue weighted by molar-refractivity contribution is -0.140. The Morgan fingerprint density at radius 3 is 1.91 bits per heavy atom. The van der Waals surface area contributed by atoms with Gasteiger partial charge < -0.3 is 22.0 Å². The van der Waals surface area contributed by atoms with Crippen molar-refractivity contribution in [1.82, 2.24) is 15.1 Å². The third-order valence-corrected chi connectivity index (χ3v) is 8.15. The maximum absolute atomic E-state index is 12.6. The predicted octanol–water partition coefficient (Wildman–Crippen LogP) is -2.58. The maximum atomic E-state index is 12.6. The minimum absolute atomic E-state index is 0.0561. The summed E-state index contributed by atoms with van der Waals surface area (Å²) < 4.78 is 0. The van der Waals surface area contributed by atoms with Crippen LogP contribution in [0.1, 0.15) is 25.7 Å². The van der Waals surface area contributed by atoms with Gasteiger partial charge >= 0.3 is 0 Å². The summed E-state index contributed by atoms with van der Waals surface area (Å²) in [6, 6.07) is -1.26. The molecule has 2 rings (SSSR count). The average molecular weight is 517 g/mol. The van der Waals surface area contributed by atoms with Gasteiger partial charge in [-0.2, -0.15) is 0 Å². The summed E-state index contributed by atoms with van der Waals surface area (Å²) in [6.07, 6.45) is 1.63. The normalized spacial score (nSPS) is 22.6. The molecule has 0 spiro atoms. The van der Waals surface area contributed by atoms with E-state index in [-0.39, 0.29) is 80.1 Å². The van der Waals surface area contributed by atoms with Gasteiger partial charge in [-0.1, -0.05) is 0 Å². The highest BCUT2D eigenvalue weighted by Gasteiger charge is 2.40. The van der Waals surface area contributed by atoms with Crippen LogP contribution in [0.2, 0.25) is 0 Å². The van der Waals surface area contributed by atoms with Crippen LogP contribution in [0.3, 0.4) is 0 Å². The minimum Gasteiger partial charge on any atom is -0.324 e. The molecule has 2 heterocycles. The molecular weight excluding hydrogens is 484 g/mol. The van der Waals surface area contributed by atoms with E-state index in [1.807, 2.05) is 0 Å². The number of thioether (sulfide) groups is 2. The molecule has 0 aromatic carbocycles. The number of Topliss-reactive ketones (excluding diaryl/α,β-unsaturated/α-hetero) is 1. The number of ketones is 1. The molecule has 4 atom stereocenters. The van der Waals surface area contributed by atoms with E-state index in [1.54, 1.807) is 0 Å². The topological polar surface area (TPSA) is 199 Å². The molecule has 0 aliphatic carbocycles. The molecule has 0 radical (unpaired) electrons. The van der Waals surface area contributed by atoms with Crippen molar-refractivity contribution < 1.29 is 28.8 Å². The van der Waals surface area contributed by atoms with Crippen molar-refractivity contribution in [3.63, 3.8) is 0 Å². The molecule has 0 aromatic rings. The Balaban J connectivity index is 1.76. The lowest BCUT2D eigenvalue weighted by Gasteiger charge is -2.18. The van der Waals surface area contributed by atoms with Gasteiger partial charge in [0.05, 0.1) is 29.1 Å². The zero-order valence-electron chi connectivity index (χ0n) is 18.9. The smallest absolute Gasteiger partial charge is 0.242 e. The third-order valence-electron chi connectivity index (χ3n) is 5.50. The molecule has 4 amide bonds. The predicted molar refractivity (Wildman–Crippen MR) is 128 cm³/mol. The fourth-order valence-corrected chi connectivity index (χ4v) is 5.93. The van der Waals surface area contributed by atoms with Crippen LogP contribution in [-0.2, 0) is 28.8 Å². The second-order valence-electron chi connectivity index (χ2n) is 7.96. The number of nitrogens with two attached hydrogens (primary N) is 3. The molecule has 0 bridgehead atoms. The van der Waals surface area contributed by atoms with Crippen molar-refractivity contribution in [2.24, 2.45) is 17.2 Å². The van der Waals surface area contributed by atoms with Gasteiger partial charge in [0.1, 0.15) is 6.29 Å². The molecule has 190 valence electrons. The fraction of sp³-hybridized carbons (Fsp3) is 0.700. The van der Waals surface area contributed by atoms with E-state index in [4.69, 9.17) is 17.2 Å². The molecule has 12 nitrogen and oxygen atoms in total. The van der Waals surface area contributed by atoms with Crippen LogP contribution < -0.4 is 22.5 Å². The number of hydrogen-bond acceptors (Lipinski definition) is 12. The Hall–Kier alpha value is -1.84. The Kier molecular flexibility index (Phi) is 11.6. The maximum Gasteiger partial charge on any atom is 0.242 e. The van der Waals surface area contributed by atoms with Crippen LogP contribution >= 0.6 is 23.5 Å². The number of rotatable bonds is 16. The number of nitrogens with zero attached hydrogens (tertiary/aromatic N) is 2. The zero-order valence-corrected chi connectivity index (χ0v) is 20.5. The summed E-state index contributed by atoms with van der Waals surface area (Å²) in [6.45, 7) is 0.351. The van der Waals surface area contributed by atoms with E-state index < -0.39 is 22.6 Å². The quantitative estimate of drug-likeness (QED) is 0.0724. The van der Waals surface area contributed by atoms with Crippen molar-refractivity contribution in [3.05, 3.63) is 0 Å². The van der Waals surface area contributed by atoms with E-state index in [9.17, 15) is 28.8 Å². The Morgan fingerprint density at radius 2 is 1.47 bits per heavy atom. The summed E-state index contributed by atoms with van der Waals surface area (Å²) in [7, 11) is 0. The molecule has 14 heteroatoms. The second-order valence-corrected chi connectivity index (χ2v) is 10.4. The summed E-state index contributed by atoms with van der Waals surface area (Å²) >= 11 is 2.42. The van der Waals surface area contributed by atoms with Gasteiger partial charge in [0.2, 0.25) is 23.6 Å². The minimum atomic E-state index is -0.677. The molecule has 2 aliphatic rings. The number of likely N-dealkylation sites (tertiary alicyclic amines) is 2. The summed E-state index contributed by atoms with van der Waals surface area (Å²) in [5, 5.41) is 1.71. The Morgan fingerprint density at radius 1 is 0.971 bits per heavy atom. The van der Waals surface area contributed by atoms with Crippen molar-refractivity contribution in [2.45, 2.75) is 48.3 Å². The number of amides is 4. The van der Waals surface area contributed by atoms with Crippen LogP contribution in [0.25, 0.3) is 0 Å². The van der Waals surface area contributed by atoms with Gasteiger partial charge in [0.15, 0.2) is 5.78 Å². The van der Waals surface area contributed by atoms with E-state index >= 15 is 0 Å². The lowest BCUT2D eigenvalue weighted by atomic mass is 10.2. The zero-order chi connectivity index (χ0) is 25.3. The lowest BCUT2D eigenvalue weighted by Crippen LogP contribution is -2.45. The molecule has 7 N–H and O–H groups in total. The fourth-order valence-electron chi connectivity index (χ4n) is 3.60. The number of imide groups is 2. The van der Waals surface area contributed by atoms with Gasteiger partial charge in [-0.15, -0.1) is 23.5 Å². The number of unbranched alkanes of at least 4 members (excludes halogenated alkanes) is 1. The van der Waals surface area contributed by atoms with Gasteiger partial charge in [0.25, 0.3) is 0 Å². The first-order chi connectivity index (χ1) is 16.2. The van der Waals surface area contributed by atoms with Gasteiger partial charge in [-0.25, -0.2) is 0 Å². The molecule has 0 saturated carbocycles. The van der Waals surface area contributed by atoms with Crippen LogP contribution in [-0.4, -0.2) is 106 Å². The number of hydrogen-bond donors (Lipinski definition) is 4. The van der Waals surface area contributed by atoms with Crippen LogP contribution in [0.15, 0.2) is 0 Å². The van der Waals surface area contributed by atoms with Gasteiger partial charge in [0, 0.05) is 44.1 Å². The Labute approximate surface area is 206 Å². The van der Waals surface area contributed by atoms with Gasteiger partial charge in [-0.3, -0.25) is 39.1 Å². The third kappa shape index (κ3) is 7.58. The number of carbonyl (C=O) groups is 6. The molecule has 34 heavy (non-hydrogen) atoms. The standard InChI is InChI=1S/C20H32N6O6S2/c21-7-14(28)13(24-11-22)10-34-16-6-18(30)26(20(16)32)4-2-1-3-25-17(29)5-15(19(25)31)33-9-12(23)8-27/h8,12-13,15-16,24H,1-7,9-11,21-23H2.